The molecule has 2 saturated heterocycles. The van der Waals surface area contributed by atoms with Gasteiger partial charge in [0.05, 0.1) is 21.2 Å². The van der Waals surface area contributed by atoms with Crippen molar-refractivity contribution < 1.29 is 9.85 Å². The van der Waals surface area contributed by atoms with Gasteiger partial charge in [-0.1, -0.05) is 0 Å². The number of piperazine rings is 1. The van der Waals surface area contributed by atoms with Crippen molar-refractivity contribution >= 4 is 11.4 Å². The highest BCUT2D eigenvalue weighted by Crippen LogP contribution is 2.33. The molecule has 0 N–H and O–H groups in total. The summed E-state index contributed by atoms with van der Waals surface area (Å²) < 4.78 is 0. The Hall–Kier alpha value is -4.54. The number of hydrogen-bond donors (Lipinski definition) is 0. The lowest BCUT2D eigenvalue weighted by atomic mass is 10.1. The number of nitro benzene ring substituents is 2. The number of fused-ring (bicyclic) bond motifs is 2. The summed E-state index contributed by atoms with van der Waals surface area (Å²) in [4.78, 5) is 35.3. The molecule has 2 aromatic carbocycles. The van der Waals surface area contributed by atoms with E-state index in [9.17, 15) is 20.2 Å². The Labute approximate surface area is 231 Å². The Balaban J connectivity index is 1.10. The minimum Gasteiger partial charge on any atom is -0.296 e. The highest BCUT2D eigenvalue weighted by Gasteiger charge is 2.39. The van der Waals surface area contributed by atoms with E-state index in [0.717, 1.165) is 48.7 Å². The molecule has 2 aliphatic rings. The molecule has 2 fully saturated rings. The first-order valence-corrected chi connectivity index (χ1v) is 13.3. The number of likely N-dealkylation sites (tertiary alicyclic amines) is 1. The largest absolute Gasteiger partial charge is 0.296 e. The quantitative estimate of drug-likeness (QED) is 0.215. The summed E-state index contributed by atoms with van der Waals surface area (Å²) in [6.07, 6.45) is 5.97. The molecule has 2 unspecified atom stereocenters. The van der Waals surface area contributed by atoms with Crippen LogP contribution in [0.25, 0.3) is 22.5 Å². The number of rotatable bonds is 8. The zero-order valence-corrected chi connectivity index (χ0v) is 21.8. The van der Waals surface area contributed by atoms with Crippen molar-refractivity contribution in [1.29, 1.82) is 0 Å². The Kier molecular flexibility index (Phi) is 7.02. The predicted octanol–water partition coefficient (Wildman–Crippen LogP) is 5.48. The van der Waals surface area contributed by atoms with Crippen LogP contribution >= 0.6 is 0 Å². The number of nitro groups is 2. The lowest BCUT2D eigenvalue weighted by Gasteiger charge is -2.41. The van der Waals surface area contributed by atoms with Gasteiger partial charge in [0.15, 0.2) is 0 Å². The van der Waals surface area contributed by atoms with Crippen molar-refractivity contribution in [2.24, 2.45) is 0 Å². The van der Waals surface area contributed by atoms with Crippen LogP contribution in [0.15, 0.2) is 85.2 Å². The average molecular weight is 537 g/mol. The molecule has 0 aliphatic carbocycles. The fraction of sp³-hybridized carbons (Fsp3) is 0.267. The SMILES string of the molecule is O=[N+]([O-])c1ccc(-c2cc(CN3CC4CCC(C3)N4Cc3ccnc(-c4ccc([N+](=O)[O-])cc4)c3)ccn2)cc1. The number of benzene rings is 2. The molecule has 2 aliphatic heterocycles. The van der Waals surface area contributed by atoms with Gasteiger partial charge in [0.25, 0.3) is 11.4 Å². The maximum Gasteiger partial charge on any atom is 0.269 e. The van der Waals surface area contributed by atoms with Crippen LogP contribution in [0.2, 0.25) is 0 Å². The molecule has 10 heteroatoms. The van der Waals surface area contributed by atoms with E-state index in [1.807, 2.05) is 18.5 Å². The molecule has 6 rings (SSSR count). The first kappa shape index (κ1) is 25.7. The zero-order valence-electron chi connectivity index (χ0n) is 21.8. The normalized spacial score (nSPS) is 19.0. The third kappa shape index (κ3) is 5.45. The van der Waals surface area contributed by atoms with E-state index in [1.165, 1.54) is 48.2 Å². The monoisotopic (exact) mass is 536 g/mol. The lowest BCUT2D eigenvalue weighted by molar-refractivity contribution is -0.385. The second-order valence-corrected chi connectivity index (χ2v) is 10.5. The summed E-state index contributed by atoms with van der Waals surface area (Å²) >= 11 is 0. The molecular formula is C30H28N6O4. The maximum absolute atomic E-state index is 11.0. The van der Waals surface area contributed by atoms with Crippen molar-refractivity contribution in [2.45, 2.75) is 38.0 Å². The number of pyridine rings is 2. The van der Waals surface area contributed by atoms with Gasteiger partial charge in [-0.05, 0) is 72.5 Å². The molecule has 0 spiro atoms. The van der Waals surface area contributed by atoms with Gasteiger partial charge in [0.1, 0.15) is 0 Å². The van der Waals surface area contributed by atoms with Crippen molar-refractivity contribution in [3.8, 4) is 22.5 Å². The molecule has 10 nitrogen and oxygen atoms in total. The van der Waals surface area contributed by atoms with E-state index in [0.29, 0.717) is 12.1 Å². The summed E-state index contributed by atoms with van der Waals surface area (Å²) in [5, 5.41) is 21.9. The highest BCUT2D eigenvalue weighted by molar-refractivity contribution is 5.62. The van der Waals surface area contributed by atoms with Gasteiger partial charge in [-0.25, -0.2) is 0 Å². The Morgan fingerprint density at radius 1 is 0.675 bits per heavy atom. The molecule has 40 heavy (non-hydrogen) atoms. The summed E-state index contributed by atoms with van der Waals surface area (Å²) in [5.41, 5.74) is 5.88. The van der Waals surface area contributed by atoms with Crippen LogP contribution in [0.3, 0.4) is 0 Å². The number of hydrogen-bond acceptors (Lipinski definition) is 8. The van der Waals surface area contributed by atoms with Gasteiger partial charge in [0.2, 0.25) is 0 Å². The van der Waals surface area contributed by atoms with Crippen LogP contribution in [-0.2, 0) is 13.1 Å². The Bertz CT molecular complexity index is 1530. The van der Waals surface area contributed by atoms with Gasteiger partial charge in [-0.2, -0.15) is 0 Å². The molecule has 2 bridgehead atoms. The minimum absolute atomic E-state index is 0.0718. The molecule has 2 atom stereocenters. The maximum atomic E-state index is 11.0. The van der Waals surface area contributed by atoms with Crippen molar-refractivity contribution in [2.75, 3.05) is 13.1 Å². The third-order valence-electron chi connectivity index (χ3n) is 7.88. The highest BCUT2D eigenvalue weighted by atomic mass is 16.6. The van der Waals surface area contributed by atoms with E-state index in [4.69, 9.17) is 0 Å². The molecule has 0 radical (unpaired) electrons. The van der Waals surface area contributed by atoms with Crippen LogP contribution < -0.4 is 0 Å². The molecule has 2 aromatic heterocycles. The standard InChI is InChI=1S/C30H28N6O4/c37-35(38)25-5-1-23(2-6-25)29-15-21(11-13-31-29)17-33-19-27-9-10-28(20-33)34(27)18-22-12-14-32-30(16-22)24-3-7-26(8-4-24)36(39)40/h1-8,11-16,27-28H,9-10,17-20H2. The number of aromatic nitrogens is 2. The molecule has 0 saturated carbocycles. The Morgan fingerprint density at radius 3 is 1.57 bits per heavy atom. The van der Waals surface area contributed by atoms with Gasteiger partial charge in [-0.3, -0.25) is 40.0 Å². The topological polar surface area (TPSA) is 119 Å². The first-order chi connectivity index (χ1) is 19.4. The van der Waals surface area contributed by atoms with Crippen LogP contribution in [0, 0.1) is 20.2 Å². The summed E-state index contributed by atoms with van der Waals surface area (Å²) in [6, 6.07) is 22.3. The van der Waals surface area contributed by atoms with Gasteiger partial charge in [0, 0.05) is 86.0 Å². The first-order valence-electron chi connectivity index (χ1n) is 13.3. The molecule has 4 aromatic rings. The predicted molar refractivity (Wildman–Crippen MR) is 150 cm³/mol. The van der Waals surface area contributed by atoms with E-state index >= 15 is 0 Å². The molecule has 0 amide bonds. The minimum atomic E-state index is -0.395. The zero-order chi connectivity index (χ0) is 27.6. The second-order valence-electron chi connectivity index (χ2n) is 10.5. The van der Waals surface area contributed by atoms with Crippen LogP contribution in [0.5, 0.6) is 0 Å². The smallest absolute Gasteiger partial charge is 0.269 e. The fourth-order valence-corrected chi connectivity index (χ4v) is 5.90. The Morgan fingerprint density at radius 2 is 1.12 bits per heavy atom. The van der Waals surface area contributed by atoms with Crippen LogP contribution in [0.4, 0.5) is 11.4 Å². The fourth-order valence-electron chi connectivity index (χ4n) is 5.90. The number of nitrogens with zero attached hydrogens (tertiary/aromatic N) is 6. The van der Waals surface area contributed by atoms with Gasteiger partial charge >= 0.3 is 0 Å². The van der Waals surface area contributed by atoms with E-state index in [-0.39, 0.29) is 11.4 Å². The van der Waals surface area contributed by atoms with Gasteiger partial charge in [-0.15, -0.1) is 0 Å². The number of non-ortho nitro benzene ring substituents is 2. The van der Waals surface area contributed by atoms with E-state index in [2.05, 4.69) is 38.0 Å². The van der Waals surface area contributed by atoms with Crippen molar-refractivity contribution in [3.63, 3.8) is 0 Å². The van der Waals surface area contributed by atoms with E-state index in [1.54, 1.807) is 24.3 Å². The summed E-state index contributed by atoms with van der Waals surface area (Å²) in [6.45, 7) is 3.67. The van der Waals surface area contributed by atoms with E-state index < -0.39 is 9.85 Å². The average Bonchev–Trinajstić information content (AvgIpc) is 3.19. The summed E-state index contributed by atoms with van der Waals surface area (Å²) in [5.74, 6) is 0. The third-order valence-corrected chi connectivity index (χ3v) is 7.88. The summed E-state index contributed by atoms with van der Waals surface area (Å²) in [7, 11) is 0. The van der Waals surface area contributed by atoms with Crippen LogP contribution in [0.1, 0.15) is 24.0 Å². The molecule has 202 valence electrons. The second kappa shape index (κ2) is 10.9. The van der Waals surface area contributed by atoms with Crippen molar-refractivity contribution in [1.82, 2.24) is 19.8 Å². The van der Waals surface area contributed by atoms with Gasteiger partial charge < -0.3 is 0 Å². The molecule has 4 heterocycles. The van der Waals surface area contributed by atoms with Crippen LogP contribution in [-0.4, -0.2) is 54.8 Å². The lowest BCUT2D eigenvalue weighted by Crippen LogP contribution is -2.52. The van der Waals surface area contributed by atoms with Crippen molar-refractivity contribution in [3.05, 3.63) is 117 Å². The molecular weight excluding hydrogens is 508 g/mol.